The average molecular weight is 239 g/mol. The summed E-state index contributed by atoms with van der Waals surface area (Å²) in [6.07, 6.45) is 6.28. The van der Waals surface area contributed by atoms with Crippen molar-refractivity contribution >= 4 is 11.8 Å². The van der Waals surface area contributed by atoms with Gasteiger partial charge >= 0.3 is 0 Å². The first-order valence-corrected chi connectivity index (χ1v) is 5.85. The van der Waals surface area contributed by atoms with Crippen molar-refractivity contribution in [3.8, 4) is 0 Å². The molecule has 0 aliphatic rings. The van der Waals surface area contributed by atoms with E-state index in [9.17, 15) is 10.1 Å². The zero-order chi connectivity index (χ0) is 12.0. The molecular weight excluding hydrogens is 226 g/mol. The van der Waals surface area contributed by atoms with Crippen molar-refractivity contribution in [1.29, 1.82) is 0 Å². The number of hydrogen-bond acceptors (Lipinski definition) is 5. The second kappa shape index (κ2) is 6.12. The topological polar surface area (TPSA) is 59.3 Å². The van der Waals surface area contributed by atoms with Gasteiger partial charge in [0.2, 0.25) is 0 Å². The third kappa shape index (κ3) is 3.90. The lowest BCUT2D eigenvalue weighted by Gasteiger charge is -2.18. The minimum Gasteiger partial charge on any atom is -0.360 e. The van der Waals surface area contributed by atoms with Gasteiger partial charge in [-0.15, -0.1) is 11.8 Å². The molecular formula is C10H13N3O2S. The summed E-state index contributed by atoms with van der Waals surface area (Å²) in [6, 6.07) is 3.78. The Morgan fingerprint density at radius 2 is 2.50 bits per heavy atom. The van der Waals surface area contributed by atoms with Crippen molar-refractivity contribution in [2.45, 2.75) is 6.54 Å². The molecule has 0 unspecified atom stereocenters. The van der Waals surface area contributed by atoms with E-state index >= 15 is 0 Å². The Bertz CT molecular complexity index is 381. The summed E-state index contributed by atoms with van der Waals surface area (Å²) in [5.41, 5.74) is 1.02. The number of nitro groups is 1. The molecule has 0 spiro atoms. The van der Waals surface area contributed by atoms with Crippen LogP contribution >= 0.6 is 11.8 Å². The standard InChI is InChI=1S/C10H13N3O2S/c1-12(10(16-2)8-13(14)15)7-9-4-3-5-11-6-9/h3-6,8H,7H2,1-2H3. The summed E-state index contributed by atoms with van der Waals surface area (Å²) in [6.45, 7) is 0.606. The molecule has 0 bridgehead atoms. The van der Waals surface area contributed by atoms with Gasteiger partial charge in [0.15, 0.2) is 0 Å². The summed E-state index contributed by atoms with van der Waals surface area (Å²) in [7, 11) is 1.82. The van der Waals surface area contributed by atoms with E-state index in [2.05, 4.69) is 4.98 Å². The fourth-order valence-corrected chi connectivity index (χ4v) is 1.81. The number of hydrogen-bond donors (Lipinski definition) is 0. The summed E-state index contributed by atoms with van der Waals surface area (Å²) < 4.78 is 0. The van der Waals surface area contributed by atoms with E-state index in [0.717, 1.165) is 11.8 Å². The molecule has 1 aromatic heterocycles. The van der Waals surface area contributed by atoms with Crippen LogP contribution in [0.15, 0.2) is 35.8 Å². The molecule has 1 aromatic rings. The predicted molar refractivity (Wildman–Crippen MR) is 64.3 cm³/mol. The van der Waals surface area contributed by atoms with Gasteiger partial charge < -0.3 is 4.90 Å². The van der Waals surface area contributed by atoms with Crippen molar-refractivity contribution in [2.75, 3.05) is 13.3 Å². The lowest BCUT2D eigenvalue weighted by atomic mass is 10.3. The zero-order valence-electron chi connectivity index (χ0n) is 9.16. The Hall–Kier alpha value is -1.56. The zero-order valence-corrected chi connectivity index (χ0v) is 9.98. The maximum absolute atomic E-state index is 10.4. The van der Waals surface area contributed by atoms with Crippen LogP contribution in [0.4, 0.5) is 0 Å². The van der Waals surface area contributed by atoms with Crippen LogP contribution in [-0.2, 0) is 6.54 Å². The van der Waals surface area contributed by atoms with Gasteiger partial charge in [-0.2, -0.15) is 0 Å². The number of thioether (sulfide) groups is 1. The molecule has 0 radical (unpaired) electrons. The number of nitrogens with zero attached hydrogens (tertiary/aromatic N) is 3. The molecule has 6 heteroatoms. The van der Waals surface area contributed by atoms with Crippen molar-refractivity contribution < 1.29 is 4.92 Å². The third-order valence-corrected chi connectivity index (χ3v) is 2.78. The Balaban J connectivity index is 2.70. The molecule has 1 heterocycles. The highest BCUT2D eigenvalue weighted by Crippen LogP contribution is 2.17. The highest BCUT2D eigenvalue weighted by Gasteiger charge is 2.08. The van der Waals surface area contributed by atoms with Crippen LogP contribution in [-0.4, -0.2) is 28.1 Å². The summed E-state index contributed by atoms with van der Waals surface area (Å²) in [4.78, 5) is 15.8. The van der Waals surface area contributed by atoms with Crippen LogP contribution < -0.4 is 0 Å². The molecule has 0 saturated heterocycles. The summed E-state index contributed by atoms with van der Waals surface area (Å²) in [5.74, 6) is 0. The second-order valence-electron chi connectivity index (χ2n) is 3.17. The Morgan fingerprint density at radius 3 is 3.00 bits per heavy atom. The number of pyridine rings is 1. The highest BCUT2D eigenvalue weighted by molar-refractivity contribution is 8.02. The van der Waals surface area contributed by atoms with Crippen molar-refractivity contribution in [3.63, 3.8) is 0 Å². The molecule has 0 aliphatic heterocycles. The maximum Gasteiger partial charge on any atom is 0.264 e. The van der Waals surface area contributed by atoms with Crippen LogP contribution in [0, 0.1) is 10.1 Å². The van der Waals surface area contributed by atoms with Crippen molar-refractivity contribution in [1.82, 2.24) is 9.88 Å². The molecule has 5 nitrogen and oxygen atoms in total. The number of rotatable bonds is 5. The first kappa shape index (κ1) is 12.5. The molecule has 0 N–H and O–H groups in total. The van der Waals surface area contributed by atoms with Gasteiger partial charge in [-0.3, -0.25) is 15.1 Å². The molecule has 0 fully saturated rings. The summed E-state index contributed by atoms with van der Waals surface area (Å²) in [5, 5.41) is 11.0. The molecule has 16 heavy (non-hydrogen) atoms. The fourth-order valence-electron chi connectivity index (χ4n) is 1.24. The third-order valence-electron chi connectivity index (χ3n) is 1.94. The Morgan fingerprint density at radius 1 is 1.75 bits per heavy atom. The van der Waals surface area contributed by atoms with Gasteiger partial charge in [-0.25, -0.2) is 0 Å². The van der Waals surface area contributed by atoms with E-state index in [1.54, 1.807) is 12.4 Å². The first-order chi connectivity index (χ1) is 7.63. The van der Waals surface area contributed by atoms with Gasteiger partial charge in [0.25, 0.3) is 6.20 Å². The molecule has 0 saturated carbocycles. The van der Waals surface area contributed by atoms with E-state index in [-0.39, 0.29) is 0 Å². The molecule has 0 amide bonds. The van der Waals surface area contributed by atoms with E-state index in [4.69, 9.17) is 0 Å². The van der Waals surface area contributed by atoms with E-state index in [1.165, 1.54) is 11.8 Å². The van der Waals surface area contributed by atoms with Crippen molar-refractivity contribution in [2.24, 2.45) is 0 Å². The predicted octanol–water partition coefficient (Wildman–Crippen LogP) is 1.95. The average Bonchev–Trinajstić information content (AvgIpc) is 2.26. The molecule has 0 aromatic carbocycles. The number of aromatic nitrogens is 1. The smallest absolute Gasteiger partial charge is 0.264 e. The van der Waals surface area contributed by atoms with Gasteiger partial charge in [0.05, 0.1) is 4.92 Å². The lowest BCUT2D eigenvalue weighted by molar-refractivity contribution is -0.403. The van der Waals surface area contributed by atoms with Crippen LogP contribution in [0.1, 0.15) is 5.56 Å². The fraction of sp³-hybridized carbons (Fsp3) is 0.300. The molecule has 0 aliphatic carbocycles. The van der Waals surface area contributed by atoms with E-state index in [1.807, 2.05) is 30.3 Å². The minimum atomic E-state index is -0.439. The largest absolute Gasteiger partial charge is 0.360 e. The molecule has 1 rings (SSSR count). The quantitative estimate of drug-likeness (QED) is 0.580. The summed E-state index contributed by atoms with van der Waals surface area (Å²) >= 11 is 1.35. The Labute approximate surface area is 98.3 Å². The van der Waals surface area contributed by atoms with Gasteiger partial charge in [0.1, 0.15) is 5.03 Å². The van der Waals surface area contributed by atoms with Crippen LogP contribution in [0.3, 0.4) is 0 Å². The van der Waals surface area contributed by atoms with Gasteiger partial charge in [-0.1, -0.05) is 6.07 Å². The highest BCUT2D eigenvalue weighted by atomic mass is 32.2. The van der Waals surface area contributed by atoms with Gasteiger partial charge in [0, 0.05) is 26.0 Å². The Kier molecular flexibility index (Phi) is 4.78. The van der Waals surface area contributed by atoms with Crippen LogP contribution in [0.25, 0.3) is 0 Å². The minimum absolute atomic E-state index is 0.439. The SMILES string of the molecule is CSC(=C[N+](=O)[O-])N(C)Cc1cccnc1. The normalized spacial score (nSPS) is 11.2. The lowest BCUT2D eigenvalue weighted by Crippen LogP contribution is -2.16. The van der Waals surface area contributed by atoms with Crippen LogP contribution in [0.5, 0.6) is 0 Å². The van der Waals surface area contributed by atoms with Crippen LogP contribution in [0.2, 0.25) is 0 Å². The second-order valence-corrected chi connectivity index (χ2v) is 4.00. The van der Waals surface area contributed by atoms with E-state index < -0.39 is 4.92 Å². The monoisotopic (exact) mass is 239 g/mol. The van der Waals surface area contributed by atoms with Gasteiger partial charge in [-0.05, 0) is 17.9 Å². The maximum atomic E-state index is 10.4. The molecule has 0 atom stereocenters. The van der Waals surface area contributed by atoms with E-state index in [0.29, 0.717) is 11.6 Å². The van der Waals surface area contributed by atoms with Crippen molar-refractivity contribution in [3.05, 3.63) is 51.4 Å². The molecule has 86 valence electrons. The first-order valence-electron chi connectivity index (χ1n) is 4.63.